The van der Waals surface area contributed by atoms with Gasteiger partial charge in [-0.15, -0.1) is 0 Å². The molecule has 0 radical (unpaired) electrons. The van der Waals surface area contributed by atoms with E-state index in [0.717, 1.165) is 50.5 Å². The van der Waals surface area contributed by atoms with Crippen molar-refractivity contribution in [3.05, 3.63) is 34.4 Å². The first kappa shape index (κ1) is 22.8. The Morgan fingerprint density at radius 2 is 1.88 bits per heavy atom. The van der Waals surface area contributed by atoms with Gasteiger partial charge in [-0.25, -0.2) is 4.79 Å². The Morgan fingerprint density at radius 1 is 1.09 bits per heavy atom. The molecule has 0 saturated heterocycles. The van der Waals surface area contributed by atoms with Crippen LogP contribution < -0.4 is 10.5 Å². The van der Waals surface area contributed by atoms with Gasteiger partial charge in [0.25, 0.3) is 7.82 Å². The number of rotatable bonds is 3. The van der Waals surface area contributed by atoms with Crippen LogP contribution in [0.2, 0.25) is 0 Å². The molecule has 8 heteroatoms. The van der Waals surface area contributed by atoms with Gasteiger partial charge in [0.15, 0.2) is 0 Å². The lowest BCUT2D eigenvalue weighted by atomic mass is 9.43. The van der Waals surface area contributed by atoms with E-state index in [1.54, 1.807) is 6.07 Å². The van der Waals surface area contributed by atoms with Gasteiger partial charge in [0, 0.05) is 11.5 Å². The van der Waals surface area contributed by atoms with Crippen molar-refractivity contribution in [2.45, 2.75) is 89.3 Å². The van der Waals surface area contributed by atoms with Gasteiger partial charge in [-0.3, -0.25) is 4.57 Å². The molecule has 1 aromatic heterocycles. The molecule has 2 N–H and O–H groups in total. The van der Waals surface area contributed by atoms with Gasteiger partial charge in [-0.1, -0.05) is 13.8 Å². The van der Waals surface area contributed by atoms with Crippen LogP contribution in [-0.4, -0.2) is 21.7 Å². The second-order valence-electron chi connectivity index (χ2n) is 11.3. The molecule has 32 heavy (non-hydrogen) atoms. The maximum absolute atomic E-state index is 12.2. The zero-order valence-electron chi connectivity index (χ0n) is 18.9. The van der Waals surface area contributed by atoms with Crippen molar-refractivity contribution in [1.82, 2.24) is 0 Å². The fourth-order valence-electron chi connectivity index (χ4n) is 8.70. The highest BCUT2D eigenvalue weighted by molar-refractivity contribution is 7.44. The highest BCUT2D eigenvalue weighted by Gasteiger charge is 2.69. The third kappa shape index (κ3) is 3.31. The summed E-state index contributed by atoms with van der Waals surface area (Å²) in [4.78, 5) is 33.7. The zero-order chi connectivity index (χ0) is 22.9. The molecule has 4 fully saturated rings. The summed E-state index contributed by atoms with van der Waals surface area (Å²) in [5, 5.41) is 10.3. The number of aliphatic hydroxyl groups excluding tert-OH is 1. The van der Waals surface area contributed by atoms with Gasteiger partial charge in [0.1, 0.15) is 0 Å². The summed E-state index contributed by atoms with van der Waals surface area (Å²) < 4.78 is 23.2. The predicted molar refractivity (Wildman–Crippen MR) is 116 cm³/mol. The standard InChI is InChI=1S/C24H35O7P/c1-22-10-7-17(25)13-16(22)4-5-20-19(22)8-11-23(2)18(15-3-6-21(26)30-14-15)9-12-24(20,23)31-32(27,28)29/h3,6,14,16-20,25H,4-5,7-13H2,1-2H3,(H2,27,28,29)/p-1. The molecule has 9 atom stereocenters. The first-order valence-electron chi connectivity index (χ1n) is 12.0. The van der Waals surface area contributed by atoms with Gasteiger partial charge >= 0.3 is 5.63 Å². The van der Waals surface area contributed by atoms with Crippen molar-refractivity contribution < 1.29 is 28.4 Å². The second kappa shape index (κ2) is 7.51. The molecule has 0 aromatic carbocycles. The Bertz CT molecular complexity index is 966. The van der Waals surface area contributed by atoms with Crippen molar-refractivity contribution >= 4 is 7.82 Å². The van der Waals surface area contributed by atoms with Gasteiger partial charge in [-0.2, -0.15) is 0 Å². The van der Waals surface area contributed by atoms with E-state index in [9.17, 15) is 24.3 Å². The van der Waals surface area contributed by atoms with E-state index in [1.165, 1.54) is 12.3 Å². The number of aliphatic hydroxyl groups is 1. The summed E-state index contributed by atoms with van der Waals surface area (Å²) in [6.45, 7) is 4.42. The Labute approximate surface area is 188 Å². The fourth-order valence-corrected chi connectivity index (χ4v) is 9.54. The minimum Gasteiger partial charge on any atom is -0.756 e. The molecular formula is C24H34O7P-. The van der Waals surface area contributed by atoms with Crippen LogP contribution in [0.4, 0.5) is 0 Å². The van der Waals surface area contributed by atoms with Crippen LogP contribution in [0, 0.1) is 28.6 Å². The fraction of sp³-hybridized carbons (Fsp3) is 0.792. The maximum Gasteiger partial charge on any atom is 0.335 e. The van der Waals surface area contributed by atoms with Crippen molar-refractivity contribution in [1.29, 1.82) is 0 Å². The highest BCUT2D eigenvalue weighted by Crippen LogP contribution is 2.73. The van der Waals surface area contributed by atoms with E-state index in [2.05, 4.69) is 13.8 Å². The zero-order valence-corrected chi connectivity index (χ0v) is 19.8. The Morgan fingerprint density at radius 3 is 2.56 bits per heavy atom. The Hall–Kier alpha value is -0.980. The lowest BCUT2D eigenvalue weighted by molar-refractivity contribution is -0.261. The van der Waals surface area contributed by atoms with Crippen LogP contribution in [0.3, 0.4) is 0 Å². The molecule has 4 aliphatic carbocycles. The molecule has 0 spiro atoms. The Balaban J connectivity index is 1.57. The predicted octanol–water partition coefficient (Wildman–Crippen LogP) is 3.73. The van der Waals surface area contributed by atoms with Gasteiger partial charge in [-0.05, 0) is 98.5 Å². The van der Waals surface area contributed by atoms with E-state index in [0.29, 0.717) is 24.7 Å². The number of fused-ring (bicyclic) bond motifs is 5. The highest BCUT2D eigenvalue weighted by atomic mass is 31.2. The van der Waals surface area contributed by atoms with Crippen LogP contribution in [0.15, 0.2) is 27.6 Å². The lowest BCUT2D eigenvalue weighted by Crippen LogP contribution is -2.63. The van der Waals surface area contributed by atoms with Crippen LogP contribution in [0.25, 0.3) is 0 Å². The van der Waals surface area contributed by atoms with E-state index >= 15 is 0 Å². The van der Waals surface area contributed by atoms with E-state index < -0.39 is 24.5 Å². The summed E-state index contributed by atoms with van der Waals surface area (Å²) in [7, 11) is -4.98. The van der Waals surface area contributed by atoms with Gasteiger partial charge in [0.05, 0.1) is 18.0 Å². The molecule has 0 bridgehead atoms. The minimum atomic E-state index is -4.98. The van der Waals surface area contributed by atoms with E-state index in [4.69, 9.17) is 8.94 Å². The number of phosphoric ester groups is 1. The summed E-state index contributed by atoms with van der Waals surface area (Å²) >= 11 is 0. The molecule has 7 nitrogen and oxygen atoms in total. The molecule has 1 heterocycles. The monoisotopic (exact) mass is 465 g/mol. The summed E-state index contributed by atoms with van der Waals surface area (Å²) in [6, 6.07) is 3.19. The first-order valence-corrected chi connectivity index (χ1v) is 13.5. The molecule has 5 rings (SSSR count). The van der Waals surface area contributed by atoms with Gasteiger partial charge < -0.3 is 23.8 Å². The first-order chi connectivity index (χ1) is 15.0. The molecule has 4 aliphatic rings. The minimum absolute atomic E-state index is 0.0157. The number of hydrogen-bond donors (Lipinski definition) is 2. The van der Waals surface area contributed by atoms with Crippen LogP contribution in [-0.2, 0) is 9.09 Å². The largest absolute Gasteiger partial charge is 0.756 e. The molecule has 1 aromatic rings. The SMILES string of the molecule is CC12CCC(O)CC1CCC1C2CCC2(C)C(c3ccc(=O)oc3)CCC12OP(=O)([O-])O. The van der Waals surface area contributed by atoms with Crippen molar-refractivity contribution in [2.75, 3.05) is 0 Å². The number of hydrogen-bond acceptors (Lipinski definition) is 6. The summed E-state index contributed by atoms with van der Waals surface area (Å²) in [5.41, 5.74) is -0.968. The Kier molecular flexibility index (Phi) is 5.35. The molecule has 0 amide bonds. The number of phosphoric acid groups is 1. The molecule has 0 aliphatic heterocycles. The van der Waals surface area contributed by atoms with E-state index in [1.807, 2.05) is 0 Å². The normalized spacial score (nSPS) is 47.7. The molecular weight excluding hydrogens is 431 g/mol. The smallest absolute Gasteiger partial charge is 0.335 e. The van der Waals surface area contributed by atoms with Crippen LogP contribution >= 0.6 is 7.82 Å². The topological polar surface area (TPSA) is 120 Å². The lowest BCUT2D eigenvalue weighted by Gasteiger charge is -2.65. The summed E-state index contributed by atoms with van der Waals surface area (Å²) in [5.74, 6) is 0.731. The van der Waals surface area contributed by atoms with Crippen LogP contribution in [0.1, 0.15) is 83.1 Å². The quantitative estimate of drug-likeness (QED) is 0.653. The third-order valence-corrected chi connectivity index (χ3v) is 10.7. The van der Waals surface area contributed by atoms with Crippen molar-refractivity contribution in [2.24, 2.45) is 28.6 Å². The van der Waals surface area contributed by atoms with Gasteiger partial charge in [0.2, 0.25) is 0 Å². The molecule has 4 saturated carbocycles. The molecule has 178 valence electrons. The van der Waals surface area contributed by atoms with Crippen molar-refractivity contribution in [3.63, 3.8) is 0 Å². The van der Waals surface area contributed by atoms with E-state index in [-0.39, 0.29) is 23.4 Å². The third-order valence-electron chi connectivity index (χ3n) is 10.2. The average molecular weight is 466 g/mol. The van der Waals surface area contributed by atoms with Crippen molar-refractivity contribution in [3.8, 4) is 0 Å². The van der Waals surface area contributed by atoms with Crippen LogP contribution in [0.5, 0.6) is 0 Å². The maximum atomic E-state index is 12.2. The summed E-state index contributed by atoms with van der Waals surface area (Å²) in [6.07, 6.45) is 8.58. The molecule has 9 unspecified atom stereocenters. The average Bonchev–Trinajstić information content (AvgIpc) is 3.00. The second-order valence-corrected chi connectivity index (χ2v) is 12.4.